The van der Waals surface area contributed by atoms with Crippen LogP contribution in [0.25, 0.3) is 16.9 Å². The number of aromatic nitrogens is 5. The Kier molecular flexibility index (Phi) is 4.19. The third-order valence-corrected chi connectivity index (χ3v) is 4.52. The van der Waals surface area contributed by atoms with E-state index in [1.54, 1.807) is 21.6 Å². The lowest BCUT2D eigenvalue weighted by Gasteiger charge is -2.06. The van der Waals surface area contributed by atoms with Crippen LogP contribution in [0.15, 0.2) is 48.8 Å². The molecule has 7 heteroatoms. The molecule has 0 aliphatic rings. The second-order valence-electron chi connectivity index (χ2n) is 6.57. The molecule has 0 spiro atoms. The van der Waals surface area contributed by atoms with Crippen molar-refractivity contribution in [1.29, 1.82) is 0 Å². The zero-order valence-corrected chi connectivity index (χ0v) is 15.5. The van der Waals surface area contributed by atoms with Gasteiger partial charge in [-0.3, -0.25) is 9.48 Å². The van der Waals surface area contributed by atoms with Crippen molar-refractivity contribution in [3.8, 4) is 11.3 Å². The van der Waals surface area contributed by atoms with E-state index < -0.39 is 0 Å². The number of carbonyl (C=O) groups is 1. The van der Waals surface area contributed by atoms with Crippen LogP contribution >= 0.6 is 0 Å². The first kappa shape index (κ1) is 17.0. The maximum atomic E-state index is 12.7. The Labute approximate surface area is 156 Å². The smallest absolute Gasteiger partial charge is 0.257 e. The van der Waals surface area contributed by atoms with Crippen molar-refractivity contribution < 1.29 is 4.79 Å². The Morgan fingerprint density at radius 1 is 1.15 bits per heavy atom. The van der Waals surface area contributed by atoms with Crippen molar-refractivity contribution in [3.05, 3.63) is 71.3 Å². The van der Waals surface area contributed by atoms with Gasteiger partial charge in [-0.1, -0.05) is 29.8 Å². The Hall–Kier alpha value is -3.48. The minimum atomic E-state index is -0.211. The van der Waals surface area contributed by atoms with Crippen molar-refractivity contribution in [2.24, 2.45) is 7.05 Å². The largest absolute Gasteiger partial charge is 0.346 e. The van der Waals surface area contributed by atoms with Gasteiger partial charge in [-0.15, -0.1) is 0 Å². The quantitative estimate of drug-likeness (QED) is 0.607. The highest BCUT2D eigenvalue weighted by molar-refractivity contribution is 5.99. The first-order valence-corrected chi connectivity index (χ1v) is 8.70. The van der Waals surface area contributed by atoms with Gasteiger partial charge in [-0.25, -0.2) is 9.50 Å². The molecule has 1 amide bonds. The Morgan fingerprint density at radius 3 is 2.63 bits per heavy atom. The summed E-state index contributed by atoms with van der Waals surface area (Å²) in [6.07, 6.45) is 3.26. The van der Waals surface area contributed by atoms with Gasteiger partial charge in [0.1, 0.15) is 5.56 Å². The van der Waals surface area contributed by atoms with E-state index in [0.717, 1.165) is 22.6 Å². The summed E-state index contributed by atoms with van der Waals surface area (Å²) >= 11 is 0. The van der Waals surface area contributed by atoms with Gasteiger partial charge in [-0.05, 0) is 26.0 Å². The second kappa shape index (κ2) is 6.68. The van der Waals surface area contributed by atoms with Crippen molar-refractivity contribution >= 4 is 11.6 Å². The van der Waals surface area contributed by atoms with Gasteiger partial charge in [0.15, 0.2) is 5.65 Å². The monoisotopic (exact) mass is 360 g/mol. The Balaban J connectivity index is 1.63. The number of carbonyl (C=O) groups excluding carboxylic acids is 1. The maximum Gasteiger partial charge on any atom is 0.257 e. The highest BCUT2D eigenvalue weighted by Gasteiger charge is 2.16. The number of nitrogens with one attached hydrogen (secondary N) is 1. The third kappa shape index (κ3) is 3.19. The molecular weight excluding hydrogens is 340 g/mol. The van der Waals surface area contributed by atoms with Crippen molar-refractivity contribution in [3.63, 3.8) is 0 Å². The molecule has 0 saturated heterocycles. The van der Waals surface area contributed by atoms with Gasteiger partial charge in [-0.2, -0.15) is 10.2 Å². The van der Waals surface area contributed by atoms with Gasteiger partial charge in [0.2, 0.25) is 0 Å². The van der Waals surface area contributed by atoms with Crippen LogP contribution in [0, 0.1) is 13.8 Å². The molecule has 7 nitrogen and oxygen atoms in total. The lowest BCUT2D eigenvalue weighted by atomic mass is 10.1. The molecule has 0 unspecified atom stereocenters. The van der Waals surface area contributed by atoms with E-state index in [0.29, 0.717) is 17.8 Å². The summed E-state index contributed by atoms with van der Waals surface area (Å²) in [5, 5.41) is 11.6. The standard InChI is InChI=1S/C20H20N6O/c1-13-4-6-15(7-5-13)18-8-9-21-19-17(12-23-26(18)19)20(27)22-11-16-10-14(2)24-25(16)3/h4-10,12H,11H2,1-3H3,(H,22,27). The molecule has 1 N–H and O–H groups in total. The molecule has 136 valence electrons. The summed E-state index contributed by atoms with van der Waals surface area (Å²) in [7, 11) is 1.86. The van der Waals surface area contributed by atoms with E-state index in [9.17, 15) is 4.79 Å². The molecule has 4 aromatic rings. The fourth-order valence-electron chi connectivity index (χ4n) is 3.09. The maximum absolute atomic E-state index is 12.7. The molecule has 0 fully saturated rings. The molecule has 0 radical (unpaired) electrons. The molecule has 0 bridgehead atoms. The minimum absolute atomic E-state index is 0.211. The van der Waals surface area contributed by atoms with Crippen molar-refractivity contribution in [2.45, 2.75) is 20.4 Å². The van der Waals surface area contributed by atoms with E-state index in [4.69, 9.17) is 0 Å². The first-order chi connectivity index (χ1) is 13.0. The van der Waals surface area contributed by atoms with E-state index >= 15 is 0 Å². The molecule has 4 rings (SSSR count). The number of hydrogen-bond acceptors (Lipinski definition) is 4. The SMILES string of the molecule is Cc1ccc(-c2ccnc3c(C(=O)NCc4cc(C)nn4C)cnn23)cc1. The van der Waals surface area contributed by atoms with E-state index in [-0.39, 0.29) is 5.91 Å². The summed E-state index contributed by atoms with van der Waals surface area (Å²) in [6, 6.07) is 12.0. The normalized spacial score (nSPS) is 11.1. The first-order valence-electron chi connectivity index (χ1n) is 8.70. The second-order valence-corrected chi connectivity index (χ2v) is 6.57. The summed E-state index contributed by atoms with van der Waals surface area (Å²) in [6.45, 7) is 4.37. The molecule has 0 aliphatic heterocycles. The molecular formula is C20H20N6O. The topological polar surface area (TPSA) is 77.1 Å². The van der Waals surface area contributed by atoms with Gasteiger partial charge in [0, 0.05) is 18.8 Å². The van der Waals surface area contributed by atoms with Crippen LogP contribution in [0.2, 0.25) is 0 Å². The predicted octanol–water partition coefficient (Wildman–Crippen LogP) is 2.68. The zero-order chi connectivity index (χ0) is 19.0. The molecule has 3 heterocycles. The zero-order valence-electron chi connectivity index (χ0n) is 15.5. The highest BCUT2D eigenvalue weighted by Crippen LogP contribution is 2.21. The lowest BCUT2D eigenvalue weighted by Crippen LogP contribution is -2.24. The van der Waals surface area contributed by atoms with Crippen LogP contribution < -0.4 is 5.32 Å². The minimum Gasteiger partial charge on any atom is -0.346 e. The van der Waals surface area contributed by atoms with E-state index in [1.807, 2.05) is 45.2 Å². The molecule has 1 aromatic carbocycles. The lowest BCUT2D eigenvalue weighted by molar-refractivity contribution is 0.0951. The molecule has 27 heavy (non-hydrogen) atoms. The van der Waals surface area contributed by atoms with Crippen molar-refractivity contribution in [2.75, 3.05) is 0 Å². The third-order valence-electron chi connectivity index (χ3n) is 4.52. The van der Waals surface area contributed by atoms with Crippen LogP contribution in [0.5, 0.6) is 0 Å². The summed E-state index contributed by atoms with van der Waals surface area (Å²) < 4.78 is 3.47. The molecule has 0 saturated carbocycles. The van der Waals surface area contributed by atoms with E-state index in [2.05, 4.69) is 32.6 Å². The number of amides is 1. The highest BCUT2D eigenvalue weighted by atomic mass is 16.1. The fraction of sp³-hybridized carbons (Fsp3) is 0.200. The van der Waals surface area contributed by atoms with Crippen LogP contribution in [-0.4, -0.2) is 30.3 Å². The number of nitrogens with zero attached hydrogens (tertiary/aromatic N) is 5. The Morgan fingerprint density at radius 2 is 1.93 bits per heavy atom. The van der Waals surface area contributed by atoms with Crippen LogP contribution in [0.4, 0.5) is 0 Å². The molecule has 0 atom stereocenters. The fourth-order valence-corrected chi connectivity index (χ4v) is 3.09. The van der Waals surface area contributed by atoms with Gasteiger partial charge in [0.25, 0.3) is 5.91 Å². The van der Waals surface area contributed by atoms with Gasteiger partial charge >= 0.3 is 0 Å². The molecule has 0 aliphatic carbocycles. The average molecular weight is 360 g/mol. The number of fused-ring (bicyclic) bond motifs is 1. The predicted molar refractivity (Wildman–Crippen MR) is 102 cm³/mol. The molecule has 3 aromatic heterocycles. The number of rotatable bonds is 4. The van der Waals surface area contributed by atoms with Crippen LogP contribution in [0.1, 0.15) is 27.3 Å². The number of hydrogen-bond donors (Lipinski definition) is 1. The Bertz CT molecular complexity index is 1120. The summed E-state index contributed by atoms with van der Waals surface area (Å²) in [5.41, 5.74) is 5.94. The van der Waals surface area contributed by atoms with Crippen LogP contribution in [-0.2, 0) is 13.6 Å². The number of aryl methyl sites for hydroxylation is 3. The van der Waals surface area contributed by atoms with E-state index in [1.165, 1.54) is 5.56 Å². The van der Waals surface area contributed by atoms with Crippen molar-refractivity contribution in [1.82, 2.24) is 29.7 Å². The number of benzene rings is 1. The average Bonchev–Trinajstić information content (AvgIpc) is 3.23. The summed E-state index contributed by atoms with van der Waals surface area (Å²) in [4.78, 5) is 17.0. The van der Waals surface area contributed by atoms with Gasteiger partial charge < -0.3 is 5.32 Å². The van der Waals surface area contributed by atoms with Crippen LogP contribution in [0.3, 0.4) is 0 Å². The summed E-state index contributed by atoms with van der Waals surface area (Å²) in [5.74, 6) is -0.211. The van der Waals surface area contributed by atoms with Gasteiger partial charge in [0.05, 0.1) is 29.8 Å².